The molecule has 0 unspecified atom stereocenters. The van der Waals surface area contributed by atoms with E-state index in [1.807, 2.05) is 12.4 Å². The number of amides is 1. The van der Waals surface area contributed by atoms with Crippen molar-refractivity contribution in [2.75, 3.05) is 32.7 Å². The summed E-state index contributed by atoms with van der Waals surface area (Å²) in [6.45, 7) is 5.88. The van der Waals surface area contributed by atoms with Gasteiger partial charge in [-0.2, -0.15) is 0 Å². The highest BCUT2D eigenvalue weighted by molar-refractivity contribution is 5.78. The van der Waals surface area contributed by atoms with Crippen molar-refractivity contribution >= 4 is 5.91 Å². The molecule has 3 aliphatic rings. The number of aliphatic hydroxyl groups is 1. The number of hydrogen-bond donors (Lipinski definition) is 2. The van der Waals surface area contributed by atoms with Crippen LogP contribution in [0.2, 0.25) is 0 Å². The van der Waals surface area contributed by atoms with Gasteiger partial charge < -0.3 is 10.4 Å². The molecular weight excluding hydrogens is 376 g/mol. The van der Waals surface area contributed by atoms with Crippen molar-refractivity contribution < 1.29 is 9.90 Å². The van der Waals surface area contributed by atoms with Crippen LogP contribution in [-0.2, 0) is 11.3 Å². The van der Waals surface area contributed by atoms with Crippen LogP contribution in [0.3, 0.4) is 0 Å². The highest BCUT2D eigenvalue weighted by atomic mass is 16.3. The Kier molecular flexibility index (Phi) is 7.39. The summed E-state index contributed by atoms with van der Waals surface area (Å²) in [4.78, 5) is 21.9. The monoisotopic (exact) mass is 414 g/mol. The highest BCUT2D eigenvalue weighted by Crippen LogP contribution is 2.32. The number of carbonyl (C=O) groups excluding carboxylic acids is 1. The first-order chi connectivity index (χ1) is 14.6. The summed E-state index contributed by atoms with van der Waals surface area (Å²) in [7, 11) is 0. The van der Waals surface area contributed by atoms with Gasteiger partial charge in [-0.05, 0) is 82.3 Å². The van der Waals surface area contributed by atoms with Crippen LogP contribution in [0, 0.1) is 5.92 Å². The summed E-state index contributed by atoms with van der Waals surface area (Å²) < 4.78 is 0. The SMILES string of the molecule is O=C(NCCC1(O)CCCC1)[C@H]1CCCN(C2CCN(Cc3ccncc3)CC2)C1. The number of nitrogens with one attached hydrogen (secondary N) is 1. The van der Waals surface area contributed by atoms with E-state index in [0.29, 0.717) is 19.0 Å². The first kappa shape index (κ1) is 21.7. The van der Waals surface area contributed by atoms with E-state index in [-0.39, 0.29) is 11.8 Å². The lowest BCUT2D eigenvalue weighted by atomic mass is 9.93. The fraction of sp³-hybridized carbons (Fsp3) is 0.750. The normalized spacial score (nSPS) is 26.0. The highest BCUT2D eigenvalue weighted by Gasteiger charge is 2.33. The number of aromatic nitrogens is 1. The molecule has 166 valence electrons. The van der Waals surface area contributed by atoms with E-state index >= 15 is 0 Å². The topological polar surface area (TPSA) is 68.7 Å². The minimum atomic E-state index is -0.532. The van der Waals surface area contributed by atoms with E-state index in [1.165, 1.54) is 18.4 Å². The van der Waals surface area contributed by atoms with Gasteiger partial charge in [0.25, 0.3) is 0 Å². The molecule has 3 heterocycles. The maximum absolute atomic E-state index is 12.7. The smallest absolute Gasteiger partial charge is 0.224 e. The van der Waals surface area contributed by atoms with Crippen LogP contribution >= 0.6 is 0 Å². The molecular formula is C24H38N4O2. The average molecular weight is 415 g/mol. The van der Waals surface area contributed by atoms with E-state index in [4.69, 9.17) is 0 Å². The van der Waals surface area contributed by atoms with Gasteiger partial charge in [0.15, 0.2) is 0 Å². The molecule has 2 saturated heterocycles. The number of hydrogen-bond acceptors (Lipinski definition) is 5. The lowest BCUT2D eigenvalue weighted by Crippen LogP contribution is -2.50. The summed E-state index contributed by atoms with van der Waals surface area (Å²) in [5, 5.41) is 13.6. The first-order valence-corrected chi connectivity index (χ1v) is 12.0. The predicted octanol–water partition coefficient (Wildman–Crippen LogP) is 2.57. The third kappa shape index (κ3) is 5.80. The third-order valence-corrected chi connectivity index (χ3v) is 7.48. The number of rotatable bonds is 7. The lowest BCUT2D eigenvalue weighted by molar-refractivity contribution is -0.127. The van der Waals surface area contributed by atoms with Crippen molar-refractivity contribution in [2.45, 2.75) is 76.0 Å². The second kappa shape index (κ2) is 10.2. The molecule has 4 rings (SSSR count). The Morgan fingerprint density at radius 3 is 2.57 bits per heavy atom. The van der Waals surface area contributed by atoms with E-state index < -0.39 is 5.60 Å². The van der Waals surface area contributed by atoms with Gasteiger partial charge in [0.05, 0.1) is 11.5 Å². The summed E-state index contributed by atoms with van der Waals surface area (Å²) >= 11 is 0. The molecule has 0 spiro atoms. The number of pyridine rings is 1. The largest absolute Gasteiger partial charge is 0.390 e. The minimum Gasteiger partial charge on any atom is -0.390 e. The van der Waals surface area contributed by atoms with Crippen LogP contribution < -0.4 is 5.32 Å². The van der Waals surface area contributed by atoms with Gasteiger partial charge in [-0.3, -0.25) is 19.6 Å². The molecule has 2 N–H and O–H groups in total. The summed E-state index contributed by atoms with van der Waals surface area (Å²) in [5.74, 6) is 0.295. The van der Waals surface area contributed by atoms with Crippen LogP contribution in [0.4, 0.5) is 0 Å². The molecule has 0 aromatic carbocycles. The molecule has 6 heteroatoms. The first-order valence-electron chi connectivity index (χ1n) is 12.0. The number of piperidine rings is 2. The zero-order chi connectivity index (χ0) is 20.8. The summed E-state index contributed by atoms with van der Waals surface area (Å²) in [6, 6.07) is 4.81. The number of likely N-dealkylation sites (tertiary alicyclic amines) is 2. The Morgan fingerprint density at radius 1 is 1.10 bits per heavy atom. The van der Waals surface area contributed by atoms with E-state index in [9.17, 15) is 9.90 Å². The Hall–Kier alpha value is -1.50. The molecule has 0 bridgehead atoms. The fourth-order valence-electron chi connectivity index (χ4n) is 5.59. The molecule has 1 aromatic rings. The van der Waals surface area contributed by atoms with E-state index in [0.717, 1.165) is 71.2 Å². The van der Waals surface area contributed by atoms with Gasteiger partial charge >= 0.3 is 0 Å². The Balaban J connectivity index is 1.19. The lowest BCUT2D eigenvalue weighted by Gasteiger charge is -2.42. The van der Waals surface area contributed by atoms with Crippen molar-refractivity contribution in [3.63, 3.8) is 0 Å². The van der Waals surface area contributed by atoms with Crippen LogP contribution in [0.5, 0.6) is 0 Å². The Bertz CT molecular complexity index is 669. The Labute approximate surface area is 181 Å². The summed E-state index contributed by atoms with van der Waals surface area (Å²) in [6.07, 6.45) is 12.9. The van der Waals surface area contributed by atoms with Crippen molar-refractivity contribution in [3.05, 3.63) is 30.1 Å². The standard InChI is InChI=1S/C24H38N4O2/c29-23(26-14-11-24(30)9-1-2-10-24)21-4-3-15-28(19-21)22-7-16-27(17-8-22)18-20-5-12-25-13-6-20/h5-6,12-13,21-22,30H,1-4,7-11,14-19H2,(H,26,29)/t21-/m0/s1. The molecule has 30 heavy (non-hydrogen) atoms. The van der Waals surface area contributed by atoms with Gasteiger partial charge in [-0.15, -0.1) is 0 Å². The zero-order valence-electron chi connectivity index (χ0n) is 18.3. The molecule has 0 radical (unpaired) electrons. The molecule has 1 aromatic heterocycles. The van der Waals surface area contributed by atoms with E-state index in [2.05, 4.69) is 32.2 Å². The van der Waals surface area contributed by atoms with Crippen LogP contribution in [-0.4, -0.2) is 70.2 Å². The Morgan fingerprint density at radius 2 is 1.83 bits per heavy atom. The fourth-order valence-corrected chi connectivity index (χ4v) is 5.59. The van der Waals surface area contributed by atoms with E-state index in [1.54, 1.807) is 0 Å². The van der Waals surface area contributed by atoms with Crippen LogP contribution in [0.15, 0.2) is 24.5 Å². The van der Waals surface area contributed by atoms with Gasteiger partial charge in [0.1, 0.15) is 0 Å². The molecule has 6 nitrogen and oxygen atoms in total. The molecule has 3 fully saturated rings. The van der Waals surface area contributed by atoms with Crippen molar-refractivity contribution in [1.29, 1.82) is 0 Å². The quantitative estimate of drug-likeness (QED) is 0.718. The molecule has 1 aliphatic carbocycles. The van der Waals surface area contributed by atoms with Crippen LogP contribution in [0.25, 0.3) is 0 Å². The zero-order valence-corrected chi connectivity index (χ0v) is 18.3. The van der Waals surface area contributed by atoms with Crippen molar-refractivity contribution in [2.24, 2.45) is 5.92 Å². The van der Waals surface area contributed by atoms with Gasteiger partial charge in [0, 0.05) is 38.1 Å². The third-order valence-electron chi connectivity index (χ3n) is 7.48. The predicted molar refractivity (Wildman–Crippen MR) is 118 cm³/mol. The summed E-state index contributed by atoms with van der Waals surface area (Å²) in [5.41, 5.74) is 0.802. The molecule has 1 saturated carbocycles. The second-order valence-corrected chi connectivity index (χ2v) is 9.67. The second-order valence-electron chi connectivity index (χ2n) is 9.67. The maximum atomic E-state index is 12.7. The average Bonchev–Trinajstić information content (AvgIpc) is 3.21. The van der Waals surface area contributed by atoms with Crippen LogP contribution in [0.1, 0.15) is 63.4 Å². The molecule has 2 aliphatic heterocycles. The maximum Gasteiger partial charge on any atom is 0.224 e. The van der Waals surface area contributed by atoms with Gasteiger partial charge in [0.2, 0.25) is 5.91 Å². The van der Waals surface area contributed by atoms with Crippen molar-refractivity contribution in [1.82, 2.24) is 20.1 Å². The molecule has 1 amide bonds. The van der Waals surface area contributed by atoms with Crippen molar-refractivity contribution in [3.8, 4) is 0 Å². The van der Waals surface area contributed by atoms with Gasteiger partial charge in [-0.1, -0.05) is 12.8 Å². The minimum absolute atomic E-state index is 0.104. The molecule has 1 atom stereocenters. The number of carbonyl (C=O) groups is 1. The number of nitrogens with zero attached hydrogens (tertiary/aromatic N) is 3. The van der Waals surface area contributed by atoms with Gasteiger partial charge in [-0.25, -0.2) is 0 Å².